The highest BCUT2D eigenvalue weighted by Crippen LogP contribution is 2.22. The van der Waals surface area contributed by atoms with Crippen LogP contribution >= 0.6 is 0 Å². The molecule has 2 saturated heterocycles. The number of rotatable bonds is 5. The second-order valence-electron chi connectivity index (χ2n) is 5.46. The highest BCUT2D eigenvalue weighted by molar-refractivity contribution is 5.86. The van der Waals surface area contributed by atoms with Gasteiger partial charge < -0.3 is 25.2 Å². The standard InChI is InChI=1S/C13H22N2O5/c14-13(4-8-19-9-13)12(18)15-5-1-10(2-6-15)20-7-3-11(16)17/h10H,1-9,14H2,(H,16,17). The molecule has 0 aliphatic carbocycles. The van der Waals surface area contributed by atoms with Crippen LogP contribution in [0.25, 0.3) is 0 Å². The van der Waals surface area contributed by atoms with E-state index >= 15 is 0 Å². The van der Waals surface area contributed by atoms with Crippen molar-refractivity contribution in [1.29, 1.82) is 0 Å². The Balaban J connectivity index is 1.73. The summed E-state index contributed by atoms with van der Waals surface area (Å²) in [6, 6.07) is 0. The fourth-order valence-corrected chi connectivity index (χ4v) is 2.60. The highest BCUT2D eigenvalue weighted by atomic mass is 16.5. The lowest BCUT2D eigenvalue weighted by Gasteiger charge is -2.36. The molecule has 7 nitrogen and oxygen atoms in total. The molecule has 114 valence electrons. The Bertz CT molecular complexity index is 360. The van der Waals surface area contributed by atoms with Crippen molar-refractivity contribution in [2.75, 3.05) is 32.9 Å². The van der Waals surface area contributed by atoms with Crippen LogP contribution in [0.2, 0.25) is 0 Å². The van der Waals surface area contributed by atoms with Gasteiger partial charge in [0.25, 0.3) is 0 Å². The van der Waals surface area contributed by atoms with Crippen molar-refractivity contribution in [3.63, 3.8) is 0 Å². The molecule has 2 heterocycles. The van der Waals surface area contributed by atoms with Crippen molar-refractivity contribution in [2.45, 2.75) is 37.3 Å². The molecule has 1 unspecified atom stereocenters. The molecule has 1 amide bonds. The smallest absolute Gasteiger partial charge is 0.305 e. The summed E-state index contributed by atoms with van der Waals surface area (Å²) in [5.74, 6) is -0.900. The number of likely N-dealkylation sites (tertiary alicyclic amines) is 1. The van der Waals surface area contributed by atoms with Crippen molar-refractivity contribution >= 4 is 11.9 Å². The van der Waals surface area contributed by atoms with Gasteiger partial charge in [-0.15, -0.1) is 0 Å². The van der Waals surface area contributed by atoms with Crippen molar-refractivity contribution in [1.82, 2.24) is 4.90 Å². The van der Waals surface area contributed by atoms with Crippen molar-refractivity contribution < 1.29 is 24.2 Å². The number of hydrogen-bond acceptors (Lipinski definition) is 5. The third-order valence-electron chi connectivity index (χ3n) is 3.88. The molecule has 2 rings (SSSR count). The summed E-state index contributed by atoms with van der Waals surface area (Å²) in [7, 11) is 0. The molecular formula is C13H22N2O5. The molecule has 0 aromatic heterocycles. The fourth-order valence-electron chi connectivity index (χ4n) is 2.60. The van der Waals surface area contributed by atoms with Crippen LogP contribution in [0.4, 0.5) is 0 Å². The van der Waals surface area contributed by atoms with E-state index in [2.05, 4.69) is 0 Å². The third-order valence-corrected chi connectivity index (χ3v) is 3.88. The molecule has 7 heteroatoms. The second kappa shape index (κ2) is 6.51. The van der Waals surface area contributed by atoms with Gasteiger partial charge in [0.2, 0.25) is 5.91 Å². The lowest BCUT2D eigenvalue weighted by atomic mass is 9.96. The maximum absolute atomic E-state index is 12.3. The van der Waals surface area contributed by atoms with Crippen molar-refractivity contribution in [2.24, 2.45) is 5.73 Å². The SMILES string of the molecule is NC1(C(=O)N2CCC(OCCC(=O)O)CC2)CCOC1. The Kier molecular flexibility index (Phi) is 4.95. The number of carboxylic acid groups (broad SMARTS) is 1. The number of nitrogens with zero attached hydrogens (tertiary/aromatic N) is 1. The molecule has 0 bridgehead atoms. The molecule has 0 spiro atoms. The molecule has 0 radical (unpaired) electrons. The van der Waals surface area contributed by atoms with E-state index < -0.39 is 11.5 Å². The average Bonchev–Trinajstić information content (AvgIpc) is 2.86. The lowest BCUT2D eigenvalue weighted by Crippen LogP contribution is -2.57. The summed E-state index contributed by atoms with van der Waals surface area (Å²) in [4.78, 5) is 24.5. The Morgan fingerprint density at radius 1 is 1.40 bits per heavy atom. The first-order valence-electron chi connectivity index (χ1n) is 7.01. The van der Waals surface area contributed by atoms with Gasteiger partial charge >= 0.3 is 5.97 Å². The van der Waals surface area contributed by atoms with Crippen LogP contribution in [0.15, 0.2) is 0 Å². The number of carboxylic acids is 1. The number of piperidine rings is 1. The normalized spacial score (nSPS) is 27.8. The van der Waals surface area contributed by atoms with Gasteiger partial charge in [-0.25, -0.2) is 0 Å². The molecular weight excluding hydrogens is 264 g/mol. The molecule has 0 saturated carbocycles. The predicted molar refractivity (Wildman–Crippen MR) is 70.2 cm³/mol. The van der Waals surface area contributed by atoms with E-state index in [9.17, 15) is 9.59 Å². The van der Waals surface area contributed by atoms with Gasteiger partial charge in [0.05, 0.1) is 25.7 Å². The number of nitrogens with two attached hydrogens (primary N) is 1. The lowest BCUT2D eigenvalue weighted by molar-refractivity contribution is -0.140. The minimum atomic E-state index is -0.864. The number of ether oxygens (including phenoxy) is 2. The quantitative estimate of drug-likeness (QED) is 0.712. The molecule has 3 N–H and O–H groups in total. The Hall–Kier alpha value is -1.18. The monoisotopic (exact) mass is 286 g/mol. The number of carbonyl (C=O) groups excluding carboxylic acids is 1. The van der Waals surface area contributed by atoms with E-state index in [-0.39, 0.29) is 25.0 Å². The Labute approximate surface area is 118 Å². The van der Waals surface area contributed by atoms with Crippen LogP contribution in [0.3, 0.4) is 0 Å². The van der Waals surface area contributed by atoms with Gasteiger partial charge in [-0.1, -0.05) is 0 Å². The fraction of sp³-hybridized carbons (Fsp3) is 0.846. The number of hydrogen-bond donors (Lipinski definition) is 2. The van der Waals surface area contributed by atoms with Crippen LogP contribution < -0.4 is 5.73 Å². The summed E-state index contributed by atoms with van der Waals surface area (Å²) in [6.45, 7) is 2.27. The summed E-state index contributed by atoms with van der Waals surface area (Å²) in [5.41, 5.74) is 5.20. The van der Waals surface area contributed by atoms with Crippen molar-refractivity contribution in [3.05, 3.63) is 0 Å². The minimum Gasteiger partial charge on any atom is -0.481 e. The molecule has 1 atom stereocenters. The molecule has 2 aliphatic rings. The topological polar surface area (TPSA) is 102 Å². The van der Waals surface area contributed by atoms with Crippen LogP contribution in [0, 0.1) is 0 Å². The van der Waals surface area contributed by atoms with Crippen LogP contribution in [-0.2, 0) is 19.1 Å². The van der Waals surface area contributed by atoms with Gasteiger partial charge in [0.15, 0.2) is 0 Å². The first kappa shape index (κ1) is 15.2. The van der Waals surface area contributed by atoms with E-state index in [0.29, 0.717) is 32.7 Å². The van der Waals surface area contributed by atoms with Gasteiger partial charge in [-0.05, 0) is 19.3 Å². The van der Waals surface area contributed by atoms with Crippen LogP contribution in [-0.4, -0.2) is 66.4 Å². The van der Waals surface area contributed by atoms with E-state index in [0.717, 1.165) is 12.8 Å². The van der Waals surface area contributed by atoms with Crippen LogP contribution in [0.1, 0.15) is 25.7 Å². The van der Waals surface area contributed by atoms with E-state index in [1.54, 1.807) is 4.90 Å². The summed E-state index contributed by atoms with van der Waals surface area (Å²) in [5, 5.41) is 8.55. The first-order valence-corrected chi connectivity index (χ1v) is 7.01. The number of amides is 1. The predicted octanol–water partition coefficient (Wildman–Crippen LogP) is -0.413. The summed E-state index contributed by atoms with van der Waals surface area (Å²) < 4.78 is 10.7. The zero-order valence-corrected chi connectivity index (χ0v) is 11.5. The Morgan fingerprint density at radius 3 is 2.65 bits per heavy atom. The molecule has 20 heavy (non-hydrogen) atoms. The maximum Gasteiger partial charge on any atom is 0.305 e. The van der Waals surface area contributed by atoms with Gasteiger partial charge in [0.1, 0.15) is 5.54 Å². The van der Waals surface area contributed by atoms with E-state index in [1.165, 1.54) is 0 Å². The zero-order valence-electron chi connectivity index (χ0n) is 11.5. The molecule has 2 fully saturated rings. The Morgan fingerprint density at radius 2 is 2.10 bits per heavy atom. The van der Waals surface area contributed by atoms with Crippen LogP contribution in [0.5, 0.6) is 0 Å². The highest BCUT2D eigenvalue weighted by Gasteiger charge is 2.41. The second-order valence-corrected chi connectivity index (χ2v) is 5.46. The molecule has 2 aliphatic heterocycles. The van der Waals surface area contributed by atoms with Gasteiger partial charge in [0, 0.05) is 19.7 Å². The average molecular weight is 286 g/mol. The minimum absolute atomic E-state index is 0.0163. The molecule has 0 aromatic carbocycles. The van der Waals surface area contributed by atoms with E-state index in [1.807, 2.05) is 0 Å². The van der Waals surface area contributed by atoms with Gasteiger partial charge in [-0.3, -0.25) is 9.59 Å². The maximum atomic E-state index is 12.3. The summed E-state index contributed by atoms with van der Waals surface area (Å²) >= 11 is 0. The van der Waals surface area contributed by atoms with E-state index in [4.69, 9.17) is 20.3 Å². The van der Waals surface area contributed by atoms with Crippen molar-refractivity contribution in [3.8, 4) is 0 Å². The molecule has 0 aromatic rings. The zero-order chi connectivity index (χ0) is 14.6. The first-order chi connectivity index (χ1) is 9.51. The van der Waals surface area contributed by atoms with Gasteiger partial charge in [-0.2, -0.15) is 0 Å². The third kappa shape index (κ3) is 3.68. The number of aliphatic carboxylic acids is 1. The summed E-state index contributed by atoms with van der Waals surface area (Å²) in [6.07, 6.45) is 2.07. The largest absolute Gasteiger partial charge is 0.481 e. The number of carbonyl (C=O) groups is 2.